The Morgan fingerprint density at radius 3 is 2.35 bits per heavy atom. The molecule has 0 aromatic carbocycles. The number of halogens is 3. The molecule has 0 aromatic heterocycles. The summed E-state index contributed by atoms with van der Waals surface area (Å²) in [4.78, 5) is 0. The highest BCUT2D eigenvalue weighted by Crippen LogP contribution is 2.46. The topological polar surface area (TPSA) is 29.5 Å². The van der Waals surface area contributed by atoms with Crippen LogP contribution in [0.5, 0.6) is 0 Å². The number of rotatable bonds is 1. The maximum atomic E-state index is 12.7. The average molecular weight is 252 g/mol. The minimum Gasteiger partial charge on any atom is -0.390 e. The van der Waals surface area contributed by atoms with E-state index in [1.807, 2.05) is 0 Å². The standard InChI is InChI=1S/C12H19F3O2/c13-12(14,15)10-2-1-5-11(16,8-10)9-3-6-17-7-4-9/h9-10,16H,1-8H2. The fourth-order valence-corrected chi connectivity index (χ4v) is 3.17. The summed E-state index contributed by atoms with van der Waals surface area (Å²) in [6, 6.07) is 0. The Morgan fingerprint density at radius 1 is 1.12 bits per heavy atom. The molecule has 1 saturated carbocycles. The lowest BCUT2D eigenvalue weighted by molar-refractivity contribution is -0.209. The highest BCUT2D eigenvalue weighted by atomic mass is 19.4. The summed E-state index contributed by atoms with van der Waals surface area (Å²) in [7, 11) is 0. The lowest BCUT2D eigenvalue weighted by Gasteiger charge is -2.44. The SMILES string of the molecule is OC1(C2CCOCC2)CCCC(C(F)(F)F)C1. The summed E-state index contributed by atoms with van der Waals surface area (Å²) < 4.78 is 43.3. The summed E-state index contributed by atoms with van der Waals surface area (Å²) in [6.45, 7) is 1.12. The largest absolute Gasteiger partial charge is 0.391 e. The number of hydrogen-bond donors (Lipinski definition) is 1. The van der Waals surface area contributed by atoms with Crippen LogP contribution >= 0.6 is 0 Å². The van der Waals surface area contributed by atoms with Gasteiger partial charge in [0, 0.05) is 13.2 Å². The molecule has 0 bridgehead atoms. The van der Waals surface area contributed by atoms with Gasteiger partial charge >= 0.3 is 6.18 Å². The minimum absolute atomic E-state index is 0.0265. The van der Waals surface area contributed by atoms with E-state index in [2.05, 4.69) is 0 Å². The number of aliphatic hydroxyl groups is 1. The van der Waals surface area contributed by atoms with Crippen LogP contribution in [0.1, 0.15) is 38.5 Å². The Kier molecular flexibility index (Phi) is 3.69. The van der Waals surface area contributed by atoms with E-state index in [0.29, 0.717) is 38.9 Å². The molecule has 0 aromatic rings. The lowest BCUT2D eigenvalue weighted by Crippen LogP contribution is -2.47. The van der Waals surface area contributed by atoms with E-state index in [1.165, 1.54) is 0 Å². The van der Waals surface area contributed by atoms with Gasteiger partial charge in [-0.2, -0.15) is 13.2 Å². The first-order valence-electron chi connectivity index (χ1n) is 6.29. The Morgan fingerprint density at radius 2 is 1.76 bits per heavy atom. The Labute approximate surface area is 99.1 Å². The minimum atomic E-state index is -4.17. The molecule has 2 rings (SSSR count). The van der Waals surface area contributed by atoms with Crippen LogP contribution < -0.4 is 0 Å². The van der Waals surface area contributed by atoms with Gasteiger partial charge in [0.2, 0.25) is 0 Å². The molecule has 1 N–H and O–H groups in total. The predicted octanol–water partition coefficient (Wildman–Crippen LogP) is 2.90. The maximum Gasteiger partial charge on any atom is 0.391 e. The third kappa shape index (κ3) is 2.94. The summed E-state index contributed by atoms with van der Waals surface area (Å²) in [5.41, 5.74) is -1.12. The number of ether oxygens (including phenoxy) is 1. The molecule has 1 saturated heterocycles. The highest BCUT2D eigenvalue weighted by molar-refractivity contribution is 4.94. The van der Waals surface area contributed by atoms with Crippen molar-refractivity contribution >= 4 is 0 Å². The quantitative estimate of drug-likeness (QED) is 0.777. The molecule has 0 radical (unpaired) electrons. The molecule has 17 heavy (non-hydrogen) atoms. The smallest absolute Gasteiger partial charge is 0.390 e. The summed E-state index contributed by atoms with van der Waals surface area (Å²) in [5, 5.41) is 10.5. The van der Waals surface area contributed by atoms with E-state index in [0.717, 1.165) is 0 Å². The molecule has 5 heteroatoms. The van der Waals surface area contributed by atoms with E-state index in [1.54, 1.807) is 0 Å². The molecular weight excluding hydrogens is 233 g/mol. The highest BCUT2D eigenvalue weighted by Gasteiger charge is 2.49. The maximum absolute atomic E-state index is 12.7. The van der Waals surface area contributed by atoms with Gasteiger partial charge in [0.05, 0.1) is 11.5 Å². The summed E-state index contributed by atoms with van der Waals surface area (Å²) in [5.74, 6) is -1.36. The van der Waals surface area contributed by atoms with Crippen LogP contribution in [0, 0.1) is 11.8 Å². The number of alkyl halides is 3. The van der Waals surface area contributed by atoms with Crippen molar-refractivity contribution < 1.29 is 23.0 Å². The molecule has 2 unspecified atom stereocenters. The fourth-order valence-electron chi connectivity index (χ4n) is 3.17. The number of hydrogen-bond acceptors (Lipinski definition) is 2. The van der Waals surface area contributed by atoms with Crippen LogP contribution in [0.15, 0.2) is 0 Å². The van der Waals surface area contributed by atoms with Crippen molar-refractivity contribution in [2.24, 2.45) is 11.8 Å². The van der Waals surface area contributed by atoms with Crippen LogP contribution in [0.2, 0.25) is 0 Å². The van der Waals surface area contributed by atoms with Crippen LogP contribution in [-0.2, 0) is 4.74 Å². The van der Waals surface area contributed by atoms with Crippen molar-refractivity contribution in [2.45, 2.75) is 50.3 Å². The Hall–Kier alpha value is -0.290. The molecule has 1 heterocycles. The van der Waals surface area contributed by atoms with Crippen molar-refractivity contribution in [2.75, 3.05) is 13.2 Å². The van der Waals surface area contributed by atoms with Gasteiger partial charge in [-0.3, -0.25) is 0 Å². The van der Waals surface area contributed by atoms with Crippen LogP contribution in [0.3, 0.4) is 0 Å². The zero-order chi connectivity index (χ0) is 12.5. The summed E-state index contributed by atoms with van der Waals surface area (Å²) >= 11 is 0. The molecule has 2 aliphatic rings. The van der Waals surface area contributed by atoms with Gasteiger partial charge in [-0.15, -0.1) is 0 Å². The van der Waals surface area contributed by atoms with Crippen LogP contribution in [-0.4, -0.2) is 30.1 Å². The second kappa shape index (κ2) is 4.76. The Bertz CT molecular complexity index is 261. The van der Waals surface area contributed by atoms with E-state index in [4.69, 9.17) is 4.74 Å². The Balaban J connectivity index is 2.03. The third-order valence-electron chi connectivity index (χ3n) is 4.21. The van der Waals surface area contributed by atoms with Gasteiger partial charge in [0.15, 0.2) is 0 Å². The van der Waals surface area contributed by atoms with Gasteiger partial charge in [-0.1, -0.05) is 0 Å². The first kappa shape index (κ1) is 13.1. The van der Waals surface area contributed by atoms with Crippen LogP contribution in [0.25, 0.3) is 0 Å². The summed E-state index contributed by atoms with van der Waals surface area (Å²) in [6.07, 6.45) is -1.79. The van der Waals surface area contributed by atoms with Crippen molar-refractivity contribution in [1.82, 2.24) is 0 Å². The molecule has 0 amide bonds. The van der Waals surface area contributed by atoms with E-state index < -0.39 is 17.7 Å². The first-order chi connectivity index (χ1) is 7.92. The normalized spacial score (nSPS) is 37.1. The van der Waals surface area contributed by atoms with Gasteiger partial charge < -0.3 is 9.84 Å². The zero-order valence-electron chi connectivity index (χ0n) is 9.80. The molecule has 100 valence electrons. The van der Waals surface area contributed by atoms with Crippen LogP contribution in [0.4, 0.5) is 13.2 Å². The fraction of sp³-hybridized carbons (Fsp3) is 1.00. The molecule has 1 aliphatic carbocycles. The lowest BCUT2D eigenvalue weighted by atomic mass is 9.69. The molecule has 2 atom stereocenters. The predicted molar refractivity (Wildman–Crippen MR) is 56.5 cm³/mol. The molecular formula is C12H19F3O2. The molecule has 1 aliphatic heterocycles. The molecule has 2 nitrogen and oxygen atoms in total. The molecule has 0 spiro atoms. The van der Waals surface area contributed by atoms with Crippen molar-refractivity contribution in [3.8, 4) is 0 Å². The van der Waals surface area contributed by atoms with E-state index in [-0.39, 0.29) is 18.8 Å². The van der Waals surface area contributed by atoms with Gasteiger partial charge in [0.25, 0.3) is 0 Å². The molecule has 2 fully saturated rings. The average Bonchev–Trinajstić information content (AvgIpc) is 2.29. The van der Waals surface area contributed by atoms with Crippen molar-refractivity contribution in [3.63, 3.8) is 0 Å². The second-order valence-electron chi connectivity index (χ2n) is 5.33. The monoisotopic (exact) mass is 252 g/mol. The first-order valence-corrected chi connectivity index (χ1v) is 6.29. The van der Waals surface area contributed by atoms with Gasteiger partial charge in [-0.25, -0.2) is 0 Å². The van der Waals surface area contributed by atoms with Gasteiger partial charge in [0.1, 0.15) is 0 Å². The second-order valence-corrected chi connectivity index (χ2v) is 5.33. The van der Waals surface area contributed by atoms with E-state index in [9.17, 15) is 18.3 Å². The van der Waals surface area contributed by atoms with Crippen molar-refractivity contribution in [3.05, 3.63) is 0 Å². The van der Waals surface area contributed by atoms with E-state index >= 15 is 0 Å². The van der Waals surface area contributed by atoms with Gasteiger partial charge in [-0.05, 0) is 44.4 Å². The third-order valence-corrected chi connectivity index (χ3v) is 4.21. The van der Waals surface area contributed by atoms with Crippen molar-refractivity contribution in [1.29, 1.82) is 0 Å². The zero-order valence-corrected chi connectivity index (χ0v) is 9.80.